The summed E-state index contributed by atoms with van der Waals surface area (Å²) in [4.78, 5) is 90.0. The summed E-state index contributed by atoms with van der Waals surface area (Å²) < 4.78 is 35.5. The molecule has 17 nitrogen and oxygen atoms in total. The van der Waals surface area contributed by atoms with Crippen LogP contribution in [0.4, 0.5) is 4.79 Å². The number of fused-ring (bicyclic) bond motifs is 3. The Labute approximate surface area is 423 Å². The zero-order valence-corrected chi connectivity index (χ0v) is 44.9. The van der Waals surface area contributed by atoms with Crippen molar-refractivity contribution in [2.24, 2.45) is 35.5 Å². The van der Waals surface area contributed by atoms with Gasteiger partial charge in [0, 0.05) is 65.5 Å². The van der Waals surface area contributed by atoms with Crippen molar-refractivity contribution in [1.82, 2.24) is 9.96 Å². The number of hydroxylamine groups is 2. The molecule has 2 saturated heterocycles. The molecule has 3 heterocycles. The summed E-state index contributed by atoms with van der Waals surface area (Å²) in [5.41, 5.74) is 1.38. The van der Waals surface area contributed by atoms with E-state index in [9.17, 15) is 39.0 Å². The van der Waals surface area contributed by atoms with Gasteiger partial charge in [0.2, 0.25) is 5.79 Å². The topological polar surface area (TPSA) is 214 Å². The minimum Gasteiger partial charge on any atom is -0.460 e. The highest BCUT2D eigenvalue weighted by atomic mass is 16.7. The Bertz CT molecular complexity index is 1860. The van der Waals surface area contributed by atoms with Gasteiger partial charge in [0.1, 0.15) is 36.2 Å². The van der Waals surface area contributed by atoms with E-state index in [-0.39, 0.29) is 54.8 Å². The monoisotopic (exact) mass is 1000 g/mol. The summed E-state index contributed by atoms with van der Waals surface area (Å²) in [5, 5.41) is 24.5. The Morgan fingerprint density at radius 1 is 0.859 bits per heavy atom. The van der Waals surface area contributed by atoms with Gasteiger partial charge in [-0.15, -0.1) is 0 Å². The highest BCUT2D eigenvalue weighted by Gasteiger charge is 2.53. The van der Waals surface area contributed by atoms with Gasteiger partial charge in [0.25, 0.3) is 11.7 Å². The molecule has 0 radical (unpaired) electrons. The van der Waals surface area contributed by atoms with Crippen LogP contribution in [-0.4, -0.2) is 152 Å². The number of amides is 2. The number of Topliss-reactive ketones (excluding diaryl/α,β-unsaturated/α-hetero) is 3. The van der Waals surface area contributed by atoms with Crippen LogP contribution in [0.15, 0.2) is 23.3 Å². The molecule has 0 aromatic rings. The van der Waals surface area contributed by atoms with Crippen molar-refractivity contribution in [3.8, 4) is 0 Å². The Hall–Kier alpha value is -3.58. The number of aliphatic hydroxyl groups excluding tert-OH is 1. The van der Waals surface area contributed by atoms with E-state index < -0.39 is 90.0 Å². The third-order valence-corrected chi connectivity index (χ3v) is 15.9. The Kier molecular flexibility index (Phi) is 23.8. The zero-order chi connectivity index (χ0) is 52.7. The number of aliphatic hydroxyl groups is 2. The predicted molar refractivity (Wildman–Crippen MR) is 264 cm³/mol. The number of hydrogen-bond acceptors (Lipinski definition) is 15. The van der Waals surface area contributed by atoms with E-state index >= 15 is 0 Å². The lowest BCUT2D eigenvalue weighted by atomic mass is 9.78. The maximum Gasteiger partial charge on any atom is 0.434 e. The summed E-state index contributed by atoms with van der Waals surface area (Å²) in [6.07, 6.45) is 6.57. The molecule has 3 aliphatic heterocycles. The fraction of sp³-hybridized carbons (Fsp3) is 0.815. The van der Waals surface area contributed by atoms with Gasteiger partial charge in [0.05, 0.1) is 25.4 Å². The maximum absolute atomic E-state index is 14.5. The Morgan fingerprint density at radius 2 is 1.56 bits per heavy atom. The third-order valence-electron chi connectivity index (χ3n) is 15.9. The SMILES string of the molecule is COC1C[C@@H]2CC[C@@H](C)[C@@](O)(O2)C(=O)C(=O)N2CCCC[C@H]2C(=O)O[C@H]([C@H](C)C[C@@H]2CC[C@@H](OC(=O)N(C)OC)[C@H](OC)C2)CC(=O)[C@H](C)/C=C(\C)[C@@H](O)C(OC)C(=O)[C@H](C)C[C@H](C)CCCC/C=C/1C. The maximum atomic E-state index is 14.5. The molecule has 1 aliphatic carbocycles. The Balaban J connectivity index is 1.67. The van der Waals surface area contributed by atoms with E-state index in [2.05, 4.69) is 13.0 Å². The van der Waals surface area contributed by atoms with E-state index in [0.717, 1.165) is 36.3 Å². The first-order valence-electron chi connectivity index (χ1n) is 26.2. The molecule has 15 atom stereocenters. The number of methoxy groups -OCH3 is 3. The molecule has 2 bridgehead atoms. The molecule has 71 heavy (non-hydrogen) atoms. The van der Waals surface area contributed by atoms with Crippen LogP contribution in [0.1, 0.15) is 151 Å². The molecule has 17 heteroatoms. The molecule has 1 saturated carbocycles. The Morgan fingerprint density at radius 3 is 2.23 bits per heavy atom. The number of carbonyl (C=O) groups is 6. The summed E-state index contributed by atoms with van der Waals surface area (Å²) in [6.45, 7) is 13.0. The zero-order valence-electron chi connectivity index (χ0n) is 44.9. The molecule has 0 spiro atoms. The summed E-state index contributed by atoms with van der Waals surface area (Å²) in [5.74, 6) is -7.85. The van der Waals surface area contributed by atoms with E-state index in [0.29, 0.717) is 69.8 Å². The van der Waals surface area contributed by atoms with Gasteiger partial charge in [-0.3, -0.25) is 24.0 Å². The average Bonchev–Trinajstić information content (AvgIpc) is 3.35. The number of nitrogens with zero attached hydrogens (tertiary/aromatic N) is 2. The first-order valence-corrected chi connectivity index (χ1v) is 26.2. The van der Waals surface area contributed by atoms with Gasteiger partial charge in [-0.2, -0.15) is 5.06 Å². The molecule has 2 amide bonds. The average molecular weight is 1010 g/mol. The number of hydrogen-bond donors (Lipinski definition) is 2. The molecular weight excluding hydrogens is 917 g/mol. The largest absolute Gasteiger partial charge is 0.460 e. The lowest BCUT2D eigenvalue weighted by molar-refractivity contribution is -0.265. The molecule has 3 fully saturated rings. The number of allylic oxidation sites excluding steroid dienone is 2. The molecule has 4 rings (SSSR count). The van der Waals surface area contributed by atoms with Crippen LogP contribution in [0.5, 0.6) is 0 Å². The van der Waals surface area contributed by atoms with Crippen LogP contribution in [0.25, 0.3) is 0 Å². The van der Waals surface area contributed by atoms with Gasteiger partial charge in [-0.05, 0) is 120 Å². The van der Waals surface area contributed by atoms with E-state index in [1.165, 1.54) is 26.2 Å². The summed E-state index contributed by atoms with van der Waals surface area (Å²) >= 11 is 0. The summed E-state index contributed by atoms with van der Waals surface area (Å²) in [7, 11) is 7.37. The van der Waals surface area contributed by atoms with Crippen molar-refractivity contribution in [2.75, 3.05) is 42.0 Å². The quantitative estimate of drug-likeness (QED) is 0.106. The second-order valence-electron chi connectivity index (χ2n) is 21.3. The lowest BCUT2D eigenvalue weighted by Crippen LogP contribution is -2.61. The van der Waals surface area contributed by atoms with Crippen LogP contribution in [0, 0.1) is 35.5 Å². The van der Waals surface area contributed by atoms with Crippen molar-refractivity contribution < 1.29 is 72.2 Å². The normalized spacial score (nSPS) is 37.4. The number of cyclic esters (lactones) is 1. The number of ether oxygens (including phenoxy) is 6. The van der Waals surface area contributed by atoms with Gasteiger partial charge < -0.3 is 43.5 Å². The highest BCUT2D eigenvalue weighted by molar-refractivity contribution is 6.39. The molecule has 2 N–H and O–H groups in total. The van der Waals surface area contributed by atoms with Crippen LogP contribution < -0.4 is 0 Å². The van der Waals surface area contributed by atoms with Crippen molar-refractivity contribution in [1.29, 1.82) is 0 Å². The highest BCUT2D eigenvalue weighted by Crippen LogP contribution is 2.38. The van der Waals surface area contributed by atoms with Gasteiger partial charge >= 0.3 is 12.1 Å². The minimum absolute atomic E-state index is 0.0313. The van der Waals surface area contributed by atoms with E-state index in [1.807, 2.05) is 20.8 Å². The van der Waals surface area contributed by atoms with E-state index in [4.69, 9.17) is 33.3 Å². The number of rotatable bonds is 8. The van der Waals surface area contributed by atoms with Crippen LogP contribution >= 0.6 is 0 Å². The van der Waals surface area contributed by atoms with Gasteiger partial charge in [-0.25, -0.2) is 9.59 Å². The van der Waals surface area contributed by atoms with E-state index in [1.54, 1.807) is 41.1 Å². The first-order chi connectivity index (χ1) is 33.6. The first kappa shape index (κ1) is 60.0. The molecule has 2 unspecified atom stereocenters. The smallest absolute Gasteiger partial charge is 0.434 e. The fourth-order valence-corrected chi connectivity index (χ4v) is 11.1. The molecule has 0 aromatic heterocycles. The predicted octanol–water partition coefficient (Wildman–Crippen LogP) is 7.27. The summed E-state index contributed by atoms with van der Waals surface area (Å²) in [6, 6.07) is -1.16. The molecule has 4 aliphatic rings. The van der Waals surface area contributed by atoms with Crippen molar-refractivity contribution >= 4 is 35.3 Å². The molecular formula is C54H88N2O15. The standard InChI is InChI=1S/C54H88N2O15/c1-32-18-14-13-15-19-33(2)44(65-9)30-40-23-21-38(7)54(64,71-40)50(60)51(61)56-25-17-16-20-41(56)52(62)69-45(31-42(57)34(3)27-37(6)48(59)49(67-11)47(58)36(5)26-32)35(4)28-39-22-24-43(46(29-39)66-10)70-53(63)55(8)68-12/h19,27,32,34-36,38-41,43-46,48-49,59,64H,13-18,20-26,28-31H2,1-12H3/b33-19+,37-27+/t32-,34-,35-,36-,38-,39+,40+,41+,43-,44?,45+,46-,48-,49?,54-/m1/s1. The van der Waals surface area contributed by atoms with Crippen molar-refractivity contribution in [3.05, 3.63) is 23.3 Å². The molecule has 404 valence electrons. The van der Waals surface area contributed by atoms with Gasteiger partial charge in [-0.1, -0.05) is 59.6 Å². The second kappa shape index (κ2) is 28.2. The molecule has 0 aromatic carbocycles. The number of carbonyl (C=O) groups excluding carboxylic acids is 6. The second-order valence-corrected chi connectivity index (χ2v) is 21.3. The fourth-order valence-electron chi connectivity index (χ4n) is 11.1. The lowest BCUT2D eigenvalue weighted by Gasteiger charge is -2.42. The van der Waals surface area contributed by atoms with Crippen LogP contribution in [-0.2, 0) is 57.2 Å². The number of piperidine rings is 1. The van der Waals surface area contributed by atoms with Crippen LogP contribution in [0.2, 0.25) is 0 Å². The third kappa shape index (κ3) is 16.2. The number of esters is 1. The van der Waals surface area contributed by atoms with Crippen LogP contribution in [0.3, 0.4) is 0 Å². The van der Waals surface area contributed by atoms with Crippen molar-refractivity contribution in [2.45, 2.75) is 206 Å². The van der Waals surface area contributed by atoms with Crippen molar-refractivity contribution in [3.63, 3.8) is 0 Å². The minimum atomic E-state index is -2.43. The number of ketones is 3. The van der Waals surface area contributed by atoms with Gasteiger partial charge in [0.15, 0.2) is 5.78 Å².